The van der Waals surface area contributed by atoms with E-state index in [0.717, 1.165) is 12.8 Å². The van der Waals surface area contributed by atoms with Gasteiger partial charge in [-0.2, -0.15) is 0 Å². The van der Waals surface area contributed by atoms with Crippen molar-refractivity contribution < 1.29 is 103 Å². The molecule has 19 heteroatoms. The van der Waals surface area contributed by atoms with Crippen LogP contribution in [0.2, 0.25) is 0 Å². The maximum atomic E-state index is 12.6. The first-order valence-electron chi connectivity index (χ1n) is 19.7. The molecule has 5 aromatic rings. The number of furan rings is 2. The summed E-state index contributed by atoms with van der Waals surface area (Å²) in [5.74, 6) is -1.86. The number of allylic oxidation sites excluding steroid dienone is 1. The van der Waals surface area contributed by atoms with E-state index in [2.05, 4.69) is 37.8 Å². The molecule has 1 N–H and O–H groups in total. The van der Waals surface area contributed by atoms with Gasteiger partial charge in [-0.1, -0.05) is 87.6 Å². The zero-order chi connectivity index (χ0) is 47.2. The number of carbonyl (C=O) groups is 7. The number of rotatable bonds is 2. The molecule has 2 saturated heterocycles. The minimum atomic E-state index is -1.05. The van der Waals surface area contributed by atoms with E-state index in [0.29, 0.717) is 60.0 Å². The molecule has 0 atom stereocenters. The van der Waals surface area contributed by atoms with Crippen LogP contribution in [-0.2, 0) is 66.4 Å². The number of terminal acetylenes is 1. The van der Waals surface area contributed by atoms with Gasteiger partial charge in [-0.25, -0.2) is 0 Å². The minimum absolute atomic E-state index is 0. The molecular formula is C50H46BrClCu2O15. The maximum absolute atomic E-state index is 12.6. The van der Waals surface area contributed by atoms with E-state index in [1.807, 2.05) is 0 Å². The van der Waals surface area contributed by atoms with Crippen LogP contribution in [0.5, 0.6) is 0 Å². The van der Waals surface area contributed by atoms with E-state index in [1.54, 1.807) is 86.6 Å². The number of benzene rings is 3. The number of halogens is 2. The summed E-state index contributed by atoms with van der Waals surface area (Å²) in [7, 11) is 0. The fourth-order valence-corrected chi connectivity index (χ4v) is 7.37. The zero-order valence-corrected chi connectivity index (χ0v) is 39.7. The molecule has 0 unspecified atom stereocenters. The Bertz CT molecular complexity index is 2740. The first-order valence-corrected chi connectivity index (χ1v) is 20.9. The Morgan fingerprint density at radius 2 is 0.986 bits per heavy atom. The Morgan fingerprint density at radius 1 is 0.609 bits per heavy atom. The third-order valence-corrected chi connectivity index (χ3v) is 11.1. The summed E-state index contributed by atoms with van der Waals surface area (Å²) in [6.45, 7) is 7.33. The average Bonchev–Trinajstić information content (AvgIpc) is 4.01. The second-order valence-corrected chi connectivity index (χ2v) is 15.5. The summed E-state index contributed by atoms with van der Waals surface area (Å²) in [5.41, 5.74) is 2.54. The van der Waals surface area contributed by atoms with Crippen molar-refractivity contribution in [3.8, 4) is 12.3 Å². The molecule has 0 bridgehead atoms. The van der Waals surface area contributed by atoms with Crippen LogP contribution in [0, 0.1) is 12.3 Å². The van der Waals surface area contributed by atoms with Gasteiger partial charge in [0.25, 0.3) is 0 Å². The predicted molar refractivity (Wildman–Crippen MR) is 247 cm³/mol. The summed E-state index contributed by atoms with van der Waals surface area (Å²) in [6.07, 6.45) is 6.88. The Labute approximate surface area is 431 Å². The normalized spacial score (nSPS) is 16.2. The molecule has 0 spiro atoms. The van der Waals surface area contributed by atoms with Crippen LogP contribution >= 0.6 is 28.3 Å². The van der Waals surface area contributed by atoms with Gasteiger partial charge in [0.2, 0.25) is 34.7 Å². The van der Waals surface area contributed by atoms with Crippen LogP contribution in [0.1, 0.15) is 145 Å². The number of aliphatic hydroxyl groups excluding tert-OH is 1. The molecule has 69 heavy (non-hydrogen) atoms. The molecule has 2 aliphatic heterocycles. The monoisotopic (exact) mass is 1130 g/mol. The zero-order valence-electron chi connectivity index (χ0n) is 35.5. The van der Waals surface area contributed by atoms with Gasteiger partial charge >= 0.3 is 19.8 Å². The molecule has 2 aromatic heterocycles. The van der Waals surface area contributed by atoms with Gasteiger partial charge in [0.15, 0.2) is 40.4 Å². The van der Waals surface area contributed by atoms with Gasteiger partial charge in [0.05, 0.1) is 37.6 Å². The molecule has 372 valence electrons. The van der Waals surface area contributed by atoms with Gasteiger partial charge < -0.3 is 32.9 Å². The number of ether oxygens (including phenoxy) is 4. The molecule has 0 saturated carbocycles. The number of aliphatic hydroxyl groups is 1. The van der Waals surface area contributed by atoms with Gasteiger partial charge in [0, 0.05) is 64.3 Å². The molecule has 3 aromatic carbocycles. The number of hydrogen-bond donors (Lipinski definition) is 1. The molecular weight excluding hydrogens is 1080 g/mol. The van der Waals surface area contributed by atoms with E-state index in [9.17, 15) is 38.7 Å². The number of fused-ring (bicyclic) bond motifs is 5. The molecule has 5 aliphatic rings. The van der Waals surface area contributed by atoms with Crippen molar-refractivity contribution in [1.82, 2.24) is 0 Å². The van der Waals surface area contributed by atoms with E-state index >= 15 is 0 Å². The van der Waals surface area contributed by atoms with Crippen LogP contribution in [0.25, 0.3) is 5.76 Å². The summed E-state index contributed by atoms with van der Waals surface area (Å²) in [4.78, 5) is 83.3. The van der Waals surface area contributed by atoms with Gasteiger partial charge in [-0.05, 0) is 53.7 Å². The summed E-state index contributed by atoms with van der Waals surface area (Å²) in [5, 5.41) is 9.58. The van der Waals surface area contributed by atoms with E-state index in [-0.39, 0.29) is 117 Å². The number of ketones is 7. The fourth-order valence-electron chi connectivity index (χ4n) is 6.98. The predicted octanol–water partition coefficient (Wildman–Crippen LogP) is 9.34. The number of Topliss-reactive ketones (excluding diaryl/α,β-unsaturated/α-hetero) is 3. The van der Waals surface area contributed by atoms with Gasteiger partial charge in [0.1, 0.15) is 10.2 Å². The topological polar surface area (TPSA) is 220 Å². The molecule has 10 rings (SSSR count). The first-order chi connectivity index (χ1) is 31.1. The van der Waals surface area contributed by atoms with Crippen molar-refractivity contribution >= 4 is 74.6 Å². The Morgan fingerprint density at radius 3 is 1.41 bits per heavy atom. The third-order valence-electron chi connectivity index (χ3n) is 10.4. The summed E-state index contributed by atoms with van der Waals surface area (Å²) in [6, 6.07) is 22.7. The molecule has 4 heterocycles. The third kappa shape index (κ3) is 12.3. The van der Waals surface area contributed by atoms with Crippen molar-refractivity contribution in [3.05, 3.63) is 157 Å². The van der Waals surface area contributed by atoms with Gasteiger partial charge in [-0.15, -0.1) is 18.8 Å². The molecule has 3 aliphatic carbocycles. The van der Waals surface area contributed by atoms with E-state index in [4.69, 9.17) is 38.0 Å². The van der Waals surface area contributed by atoms with Crippen LogP contribution in [-0.4, -0.2) is 77.8 Å². The van der Waals surface area contributed by atoms with Crippen LogP contribution < -0.4 is 0 Å². The molecule has 2 fully saturated rings. The molecule has 15 nitrogen and oxygen atoms in total. The SMILES string of the molecule is C.C.C#CC1(C)OCCCO1.CC(=O)c1cc2c(o1)C(=O)c1ccccc1C2=O.CC1(c2cc3c(o2)C(=O)c2ccccc2C3=O)OCCCO1.Cl.O=C1C(=O)c2ccccc2C(O)=C1Br.[Cu].[O]=[Cu]. The van der Waals surface area contributed by atoms with Crippen LogP contribution in [0.3, 0.4) is 0 Å². The standard InChI is InChI=1S/C17H14O5.C14H8O4.C10H5BrO3.C7H10O2.2CH4.ClH.2Cu.O/c1-17(20-7-4-8-21-17)13-9-12-14(18)10-5-2-3-6-11(10)15(19)16(12)22-13;1-7(15)11-6-10-12(16)8-4-2-3-5-9(8)13(17)14(10)18-11;11-7-8(12)5-3-1-2-4-6(5)9(13)10(7)14;1-3-7(2)8-5-4-6-9-7;;;;;;/h2-3,5-6,9H,4,7-8H2,1H3;2-6H,1H3;1-4,12H;1H,4-6H2,2H3;2*1H4;1H;;;. The van der Waals surface area contributed by atoms with E-state index in [1.165, 1.54) is 19.1 Å². The summed E-state index contributed by atoms with van der Waals surface area (Å²) >= 11 is 5.83. The Kier molecular flexibility index (Phi) is 21.9. The second kappa shape index (κ2) is 25.4. The quantitative estimate of drug-likeness (QED) is 0.0738. The molecule has 0 amide bonds. The van der Waals surface area contributed by atoms with Crippen LogP contribution in [0.15, 0.2) is 98.2 Å². The van der Waals surface area contributed by atoms with Crippen molar-refractivity contribution in [1.29, 1.82) is 0 Å². The average molecular weight is 1130 g/mol. The van der Waals surface area contributed by atoms with E-state index < -0.39 is 23.1 Å². The number of carbonyl (C=O) groups excluding carboxylic acids is 7. The number of hydrogen-bond acceptors (Lipinski definition) is 15. The van der Waals surface area contributed by atoms with Gasteiger partial charge in [-0.3, -0.25) is 33.6 Å². The van der Waals surface area contributed by atoms with Crippen molar-refractivity contribution in [2.75, 3.05) is 26.4 Å². The Balaban J connectivity index is 0.000000318. The van der Waals surface area contributed by atoms with Crippen molar-refractivity contribution in [3.63, 3.8) is 0 Å². The van der Waals surface area contributed by atoms with Crippen molar-refractivity contribution in [2.24, 2.45) is 0 Å². The first kappa shape index (κ1) is 59.6. The summed E-state index contributed by atoms with van der Waals surface area (Å²) < 4.78 is 40.2. The second-order valence-electron chi connectivity index (χ2n) is 14.7. The Hall–Kier alpha value is -5.54. The fraction of sp³-hybridized carbons (Fsp3) is 0.260. The van der Waals surface area contributed by atoms with Crippen molar-refractivity contribution in [2.45, 2.75) is 60.0 Å². The molecule has 1 radical (unpaired) electrons. The van der Waals surface area contributed by atoms with Crippen LogP contribution in [0.4, 0.5) is 0 Å².